The van der Waals surface area contributed by atoms with Gasteiger partial charge in [-0.2, -0.15) is 0 Å². The molecule has 0 aliphatic carbocycles. The first-order chi connectivity index (χ1) is 9.95. The molecule has 1 fully saturated rings. The molecule has 1 heterocycles. The summed E-state index contributed by atoms with van der Waals surface area (Å²) in [4.78, 5) is 2.55. The average molecular weight is 313 g/mol. The molecule has 0 aromatic heterocycles. The Labute approximate surface area is 132 Å². The summed E-state index contributed by atoms with van der Waals surface area (Å²) < 4.78 is 13.7. The molecule has 2 nitrogen and oxygen atoms in total. The number of nitrogens with one attached hydrogen (secondary N) is 1. The van der Waals surface area contributed by atoms with Crippen LogP contribution >= 0.6 is 11.6 Å². The highest BCUT2D eigenvalue weighted by molar-refractivity contribution is 6.30. The summed E-state index contributed by atoms with van der Waals surface area (Å²) in [5, 5.41) is 3.78. The molecule has 1 aliphatic rings. The molecule has 1 unspecified atom stereocenters. The Hall–Kier alpha value is -0.640. The van der Waals surface area contributed by atoms with Crippen molar-refractivity contribution >= 4 is 11.6 Å². The normalized spacial score (nSPS) is 18.1. The Bertz CT molecular complexity index is 470. The van der Waals surface area contributed by atoms with Crippen LogP contribution < -0.4 is 5.32 Å². The van der Waals surface area contributed by atoms with Crippen LogP contribution in [0.2, 0.25) is 5.02 Å². The van der Waals surface area contributed by atoms with Crippen molar-refractivity contribution in [2.24, 2.45) is 0 Å². The summed E-state index contributed by atoms with van der Waals surface area (Å²) in [6.07, 6.45) is 3.36. The zero-order chi connectivity index (χ0) is 15.5. The van der Waals surface area contributed by atoms with E-state index in [1.807, 2.05) is 6.07 Å². The number of benzene rings is 1. The van der Waals surface area contributed by atoms with Crippen LogP contribution in [0.1, 0.15) is 39.2 Å². The number of halogens is 2. The van der Waals surface area contributed by atoms with Crippen LogP contribution in [0.25, 0.3) is 0 Å². The van der Waals surface area contributed by atoms with Gasteiger partial charge >= 0.3 is 0 Å². The van der Waals surface area contributed by atoms with Crippen LogP contribution in [0, 0.1) is 5.82 Å². The molecule has 1 saturated heterocycles. The molecule has 21 heavy (non-hydrogen) atoms. The highest BCUT2D eigenvalue weighted by Crippen LogP contribution is 2.27. The van der Waals surface area contributed by atoms with Gasteiger partial charge in [0.15, 0.2) is 0 Å². The molecule has 1 aromatic carbocycles. The third-order valence-electron chi connectivity index (χ3n) is 4.65. The highest BCUT2D eigenvalue weighted by Gasteiger charge is 2.36. The van der Waals surface area contributed by atoms with E-state index in [2.05, 4.69) is 31.0 Å². The molecule has 0 spiro atoms. The van der Waals surface area contributed by atoms with Gasteiger partial charge in [-0.25, -0.2) is 4.39 Å². The minimum Gasteiger partial charge on any atom is -0.312 e. The van der Waals surface area contributed by atoms with Crippen LogP contribution in [0.15, 0.2) is 18.2 Å². The predicted molar refractivity (Wildman–Crippen MR) is 87.5 cm³/mol. The van der Waals surface area contributed by atoms with Gasteiger partial charge in [-0.3, -0.25) is 4.90 Å². The minimum absolute atomic E-state index is 0.0582. The molecule has 118 valence electrons. The minimum atomic E-state index is -0.330. The van der Waals surface area contributed by atoms with Gasteiger partial charge in [0.05, 0.1) is 5.02 Å². The fourth-order valence-corrected chi connectivity index (χ4v) is 3.35. The average Bonchev–Trinajstić information content (AvgIpc) is 2.97. The zero-order valence-electron chi connectivity index (χ0n) is 13.3. The standard InChI is InChI=1S/C17H26ClFN2/c1-4-20-16(17(2,3)21-9-5-6-10-21)12-13-7-8-14(18)15(19)11-13/h7-8,11,16,20H,4-6,9-10,12H2,1-3H3. The second-order valence-corrected chi connectivity index (χ2v) is 6.82. The lowest BCUT2D eigenvalue weighted by Crippen LogP contribution is -2.57. The molecule has 0 amide bonds. The van der Waals surface area contributed by atoms with Crippen LogP contribution in [-0.2, 0) is 6.42 Å². The lowest BCUT2D eigenvalue weighted by Gasteiger charge is -2.42. The lowest BCUT2D eigenvalue weighted by atomic mass is 9.87. The first kappa shape index (κ1) is 16.7. The van der Waals surface area contributed by atoms with Gasteiger partial charge in [-0.1, -0.05) is 24.6 Å². The number of likely N-dealkylation sites (tertiary alicyclic amines) is 1. The van der Waals surface area contributed by atoms with Crippen LogP contribution in [-0.4, -0.2) is 36.1 Å². The van der Waals surface area contributed by atoms with Gasteiger partial charge in [0.1, 0.15) is 5.82 Å². The van der Waals surface area contributed by atoms with Crippen molar-refractivity contribution in [2.45, 2.75) is 51.6 Å². The molecular weight excluding hydrogens is 287 g/mol. The highest BCUT2D eigenvalue weighted by atomic mass is 35.5. The van der Waals surface area contributed by atoms with E-state index in [-0.39, 0.29) is 16.4 Å². The summed E-state index contributed by atoms with van der Waals surface area (Å²) in [6.45, 7) is 9.93. The maximum Gasteiger partial charge on any atom is 0.142 e. The van der Waals surface area contributed by atoms with Crippen molar-refractivity contribution in [3.63, 3.8) is 0 Å². The number of likely N-dealkylation sites (N-methyl/N-ethyl adjacent to an activating group) is 1. The fourth-order valence-electron chi connectivity index (χ4n) is 3.23. The molecule has 0 bridgehead atoms. The van der Waals surface area contributed by atoms with E-state index in [1.165, 1.54) is 12.8 Å². The van der Waals surface area contributed by atoms with Gasteiger partial charge in [0.25, 0.3) is 0 Å². The van der Waals surface area contributed by atoms with Crippen molar-refractivity contribution in [1.29, 1.82) is 0 Å². The van der Waals surface area contributed by atoms with E-state index in [9.17, 15) is 4.39 Å². The molecule has 4 heteroatoms. The van der Waals surface area contributed by atoms with E-state index < -0.39 is 0 Å². The summed E-state index contributed by atoms with van der Waals surface area (Å²) in [7, 11) is 0. The topological polar surface area (TPSA) is 15.3 Å². The van der Waals surface area contributed by atoms with Crippen molar-refractivity contribution in [1.82, 2.24) is 10.2 Å². The fraction of sp³-hybridized carbons (Fsp3) is 0.647. The van der Waals surface area contributed by atoms with Gasteiger partial charge in [-0.05, 0) is 70.4 Å². The SMILES string of the molecule is CCNC(Cc1ccc(Cl)c(F)c1)C(C)(C)N1CCCC1. The Morgan fingerprint density at radius 3 is 2.57 bits per heavy atom. The molecule has 1 atom stereocenters. The summed E-state index contributed by atoms with van der Waals surface area (Å²) in [5.74, 6) is -0.330. The van der Waals surface area contributed by atoms with Crippen molar-refractivity contribution in [2.75, 3.05) is 19.6 Å². The number of nitrogens with zero attached hydrogens (tertiary/aromatic N) is 1. The predicted octanol–water partition coefficient (Wildman–Crippen LogP) is 3.87. The third-order valence-corrected chi connectivity index (χ3v) is 4.95. The number of rotatable bonds is 6. The van der Waals surface area contributed by atoms with Gasteiger partial charge < -0.3 is 5.32 Å². The van der Waals surface area contributed by atoms with Crippen molar-refractivity contribution < 1.29 is 4.39 Å². The Morgan fingerprint density at radius 1 is 1.33 bits per heavy atom. The molecule has 1 aliphatic heterocycles. The Balaban J connectivity index is 2.15. The second-order valence-electron chi connectivity index (χ2n) is 6.41. The first-order valence-corrected chi connectivity index (χ1v) is 8.25. The quantitative estimate of drug-likeness (QED) is 0.857. The van der Waals surface area contributed by atoms with Crippen LogP contribution in [0.5, 0.6) is 0 Å². The summed E-state index contributed by atoms with van der Waals surface area (Å²) in [5.41, 5.74) is 1.05. The van der Waals surface area contributed by atoms with Gasteiger partial charge in [0.2, 0.25) is 0 Å². The molecule has 0 saturated carbocycles. The molecule has 2 rings (SSSR count). The zero-order valence-corrected chi connectivity index (χ0v) is 14.0. The van der Waals surface area contributed by atoms with E-state index in [1.54, 1.807) is 12.1 Å². The maximum atomic E-state index is 13.7. The second kappa shape index (κ2) is 7.08. The van der Waals surface area contributed by atoms with Crippen molar-refractivity contribution in [3.05, 3.63) is 34.6 Å². The lowest BCUT2D eigenvalue weighted by molar-refractivity contribution is 0.107. The number of hydrogen-bond donors (Lipinski definition) is 1. The third kappa shape index (κ3) is 3.97. The smallest absolute Gasteiger partial charge is 0.142 e. The number of hydrogen-bond acceptors (Lipinski definition) is 2. The van der Waals surface area contributed by atoms with Crippen molar-refractivity contribution in [3.8, 4) is 0 Å². The van der Waals surface area contributed by atoms with Gasteiger partial charge in [0, 0.05) is 11.6 Å². The van der Waals surface area contributed by atoms with E-state index >= 15 is 0 Å². The largest absolute Gasteiger partial charge is 0.312 e. The molecular formula is C17H26ClFN2. The van der Waals surface area contributed by atoms with Crippen LogP contribution in [0.3, 0.4) is 0 Å². The van der Waals surface area contributed by atoms with E-state index in [4.69, 9.17) is 11.6 Å². The molecule has 1 aromatic rings. The van der Waals surface area contributed by atoms with E-state index in [0.717, 1.165) is 31.6 Å². The Morgan fingerprint density at radius 2 is 2.00 bits per heavy atom. The summed E-state index contributed by atoms with van der Waals surface area (Å²) >= 11 is 5.77. The monoisotopic (exact) mass is 312 g/mol. The molecule has 0 radical (unpaired) electrons. The van der Waals surface area contributed by atoms with Crippen LogP contribution in [0.4, 0.5) is 4.39 Å². The molecule has 1 N–H and O–H groups in total. The van der Waals surface area contributed by atoms with Gasteiger partial charge in [-0.15, -0.1) is 0 Å². The first-order valence-electron chi connectivity index (χ1n) is 7.87. The Kier molecular flexibility index (Phi) is 5.64. The van der Waals surface area contributed by atoms with E-state index in [0.29, 0.717) is 6.04 Å². The maximum absolute atomic E-state index is 13.7. The summed E-state index contributed by atoms with van der Waals surface area (Å²) in [6, 6.07) is 5.43.